The van der Waals surface area contributed by atoms with Crippen molar-refractivity contribution in [2.75, 3.05) is 0 Å². The lowest BCUT2D eigenvalue weighted by Gasteiger charge is -2.07. The van der Waals surface area contributed by atoms with Crippen LogP contribution >= 0.6 is 0 Å². The first-order valence-corrected chi connectivity index (χ1v) is 7.37. The van der Waals surface area contributed by atoms with Crippen LogP contribution < -0.4 is 0 Å². The van der Waals surface area contributed by atoms with Crippen LogP contribution in [0.25, 0.3) is 0 Å². The number of Topliss-reactive ketones (excluding diaryl/α,β-unsaturated/α-hetero) is 1. The highest BCUT2D eigenvalue weighted by molar-refractivity contribution is 5.82. The molecule has 1 atom stereocenters. The summed E-state index contributed by atoms with van der Waals surface area (Å²) in [5, 5.41) is 0. The van der Waals surface area contributed by atoms with E-state index in [4.69, 9.17) is 0 Å². The minimum Gasteiger partial charge on any atom is -0.299 e. The zero-order chi connectivity index (χ0) is 11.6. The monoisotopic (exact) mass is 224 g/mol. The van der Waals surface area contributed by atoms with Crippen LogP contribution in [0.1, 0.15) is 84.0 Å². The molecule has 0 aromatic rings. The highest BCUT2D eigenvalue weighted by atomic mass is 16.1. The number of rotatable bonds is 9. The first-order valence-electron chi connectivity index (χ1n) is 7.37. The van der Waals surface area contributed by atoms with E-state index in [1.807, 2.05) is 0 Å². The second-order valence-electron chi connectivity index (χ2n) is 5.32. The molecular weight excluding hydrogens is 196 g/mol. The predicted molar refractivity (Wildman–Crippen MR) is 69.6 cm³/mol. The van der Waals surface area contributed by atoms with Gasteiger partial charge in [0.15, 0.2) is 0 Å². The van der Waals surface area contributed by atoms with Crippen LogP contribution in [0.4, 0.5) is 0 Å². The van der Waals surface area contributed by atoms with Gasteiger partial charge < -0.3 is 0 Å². The molecule has 1 aliphatic carbocycles. The van der Waals surface area contributed by atoms with E-state index in [1.54, 1.807) is 0 Å². The number of carbonyl (C=O) groups is 1. The highest BCUT2D eigenvalue weighted by Gasteiger charge is 2.23. The minimum absolute atomic E-state index is 0.445. The molecule has 1 heteroatoms. The molecule has 0 heterocycles. The molecule has 0 saturated heterocycles. The van der Waals surface area contributed by atoms with Crippen molar-refractivity contribution in [2.24, 2.45) is 5.92 Å². The van der Waals surface area contributed by atoms with E-state index in [2.05, 4.69) is 6.92 Å². The lowest BCUT2D eigenvalue weighted by atomic mass is 9.98. The summed E-state index contributed by atoms with van der Waals surface area (Å²) in [7, 11) is 0. The molecule has 1 fully saturated rings. The van der Waals surface area contributed by atoms with Crippen LogP contribution in [-0.4, -0.2) is 5.78 Å². The number of ketones is 1. The third-order valence-corrected chi connectivity index (χ3v) is 3.84. The van der Waals surface area contributed by atoms with E-state index in [0.717, 1.165) is 12.8 Å². The Balaban J connectivity index is 1.83. The maximum atomic E-state index is 11.4. The van der Waals surface area contributed by atoms with Gasteiger partial charge in [0.05, 0.1) is 0 Å². The van der Waals surface area contributed by atoms with Crippen LogP contribution in [0.15, 0.2) is 0 Å². The van der Waals surface area contributed by atoms with Crippen molar-refractivity contribution < 1.29 is 4.79 Å². The van der Waals surface area contributed by atoms with Gasteiger partial charge in [0, 0.05) is 12.3 Å². The molecule has 0 aliphatic heterocycles. The van der Waals surface area contributed by atoms with Crippen molar-refractivity contribution in [3.8, 4) is 0 Å². The lowest BCUT2D eigenvalue weighted by Crippen LogP contribution is -2.05. The van der Waals surface area contributed by atoms with Crippen LogP contribution in [0, 0.1) is 5.92 Å². The van der Waals surface area contributed by atoms with Gasteiger partial charge in [-0.2, -0.15) is 0 Å². The Bertz CT molecular complexity index is 186. The fourth-order valence-corrected chi connectivity index (χ4v) is 2.72. The molecule has 94 valence electrons. The molecule has 1 nitrogen and oxygen atoms in total. The number of hydrogen-bond donors (Lipinski definition) is 0. The molecule has 16 heavy (non-hydrogen) atoms. The molecule has 0 N–H and O–H groups in total. The SMILES string of the molecule is CCCCCCCCCCC1CCCC1=O. The van der Waals surface area contributed by atoms with Gasteiger partial charge in [0.2, 0.25) is 0 Å². The largest absolute Gasteiger partial charge is 0.299 e. The van der Waals surface area contributed by atoms with Gasteiger partial charge >= 0.3 is 0 Å². The number of unbranched alkanes of at least 4 members (excludes halogenated alkanes) is 7. The Kier molecular flexibility index (Phi) is 7.54. The fraction of sp³-hybridized carbons (Fsp3) is 0.933. The van der Waals surface area contributed by atoms with Crippen molar-refractivity contribution >= 4 is 5.78 Å². The third kappa shape index (κ3) is 5.67. The molecule has 1 unspecified atom stereocenters. The molecular formula is C15H28O. The fourth-order valence-electron chi connectivity index (χ4n) is 2.72. The molecule has 0 aromatic heterocycles. The normalized spacial score (nSPS) is 20.6. The number of hydrogen-bond acceptors (Lipinski definition) is 1. The van der Waals surface area contributed by atoms with E-state index in [-0.39, 0.29) is 0 Å². The average molecular weight is 224 g/mol. The van der Waals surface area contributed by atoms with Gasteiger partial charge in [-0.3, -0.25) is 4.79 Å². The summed E-state index contributed by atoms with van der Waals surface area (Å²) >= 11 is 0. The second kappa shape index (κ2) is 8.78. The maximum absolute atomic E-state index is 11.4. The van der Waals surface area contributed by atoms with Gasteiger partial charge in [0.25, 0.3) is 0 Å². The predicted octanol–water partition coefficient (Wildman–Crippen LogP) is 4.89. The maximum Gasteiger partial charge on any atom is 0.135 e. The van der Waals surface area contributed by atoms with E-state index >= 15 is 0 Å². The van der Waals surface area contributed by atoms with Gasteiger partial charge in [-0.25, -0.2) is 0 Å². The summed E-state index contributed by atoms with van der Waals surface area (Å²) < 4.78 is 0. The van der Waals surface area contributed by atoms with Crippen molar-refractivity contribution in [3.05, 3.63) is 0 Å². The topological polar surface area (TPSA) is 17.1 Å². The summed E-state index contributed by atoms with van der Waals surface area (Å²) in [6, 6.07) is 0. The Morgan fingerprint density at radius 1 is 1.00 bits per heavy atom. The van der Waals surface area contributed by atoms with Crippen molar-refractivity contribution in [3.63, 3.8) is 0 Å². The quantitative estimate of drug-likeness (QED) is 0.510. The van der Waals surface area contributed by atoms with Crippen molar-refractivity contribution in [1.29, 1.82) is 0 Å². The van der Waals surface area contributed by atoms with Gasteiger partial charge in [-0.05, 0) is 19.3 Å². The van der Waals surface area contributed by atoms with Crippen molar-refractivity contribution in [1.82, 2.24) is 0 Å². The zero-order valence-corrected chi connectivity index (χ0v) is 11.0. The zero-order valence-electron chi connectivity index (χ0n) is 11.0. The summed E-state index contributed by atoms with van der Waals surface area (Å²) in [5.41, 5.74) is 0. The molecule has 0 radical (unpaired) electrons. The van der Waals surface area contributed by atoms with Crippen LogP contribution in [-0.2, 0) is 4.79 Å². The van der Waals surface area contributed by atoms with Crippen LogP contribution in [0.5, 0.6) is 0 Å². The first-order chi connectivity index (χ1) is 7.84. The van der Waals surface area contributed by atoms with Gasteiger partial charge in [-0.15, -0.1) is 0 Å². The average Bonchev–Trinajstić information content (AvgIpc) is 2.68. The van der Waals surface area contributed by atoms with Gasteiger partial charge in [0.1, 0.15) is 5.78 Å². The van der Waals surface area contributed by atoms with E-state index in [1.165, 1.54) is 64.2 Å². The summed E-state index contributed by atoms with van der Waals surface area (Å²) in [6.07, 6.45) is 15.3. The van der Waals surface area contributed by atoms with E-state index in [9.17, 15) is 4.79 Å². The highest BCUT2D eigenvalue weighted by Crippen LogP contribution is 2.26. The van der Waals surface area contributed by atoms with E-state index < -0.39 is 0 Å². The molecule has 0 aromatic carbocycles. The van der Waals surface area contributed by atoms with Gasteiger partial charge in [-0.1, -0.05) is 58.3 Å². The Labute approximate surface area is 101 Å². The third-order valence-electron chi connectivity index (χ3n) is 3.84. The van der Waals surface area contributed by atoms with E-state index in [0.29, 0.717) is 11.7 Å². The minimum atomic E-state index is 0.445. The number of carbonyl (C=O) groups excluding carboxylic acids is 1. The smallest absolute Gasteiger partial charge is 0.135 e. The second-order valence-corrected chi connectivity index (χ2v) is 5.32. The summed E-state index contributed by atoms with van der Waals surface area (Å²) in [5.74, 6) is 0.989. The molecule has 0 spiro atoms. The Hall–Kier alpha value is -0.330. The Morgan fingerprint density at radius 2 is 1.62 bits per heavy atom. The van der Waals surface area contributed by atoms with Crippen LogP contribution in [0.2, 0.25) is 0 Å². The Morgan fingerprint density at radius 3 is 2.19 bits per heavy atom. The molecule has 0 bridgehead atoms. The first kappa shape index (κ1) is 13.7. The molecule has 1 aliphatic rings. The lowest BCUT2D eigenvalue weighted by molar-refractivity contribution is -0.120. The summed E-state index contributed by atoms with van der Waals surface area (Å²) in [6.45, 7) is 2.26. The molecule has 0 amide bonds. The van der Waals surface area contributed by atoms with Crippen molar-refractivity contribution in [2.45, 2.75) is 84.0 Å². The van der Waals surface area contributed by atoms with Crippen LogP contribution in [0.3, 0.4) is 0 Å². The molecule has 1 rings (SSSR count). The standard InChI is InChI=1S/C15H28O/c1-2-3-4-5-6-7-8-9-11-14-12-10-13-15(14)16/h14H,2-13H2,1H3. The summed E-state index contributed by atoms with van der Waals surface area (Å²) in [4.78, 5) is 11.4. The molecule has 1 saturated carbocycles.